The summed E-state index contributed by atoms with van der Waals surface area (Å²) in [5.74, 6) is -2.94. The van der Waals surface area contributed by atoms with Gasteiger partial charge < -0.3 is 0 Å². The zero-order chi connectivity index (χ0) is 10.1. The van der Waals surface area contributed by atoms with Crippen LogP contribution in [0.3, 0.4) is 0 Å². The lowest BCUT2D eigenvalue weighted by atomic mass is 9.79. The molecular formula is C7H12F2O3S. The van der Waals surface area contributed by atoms with Crippen molar-refractivity contribution in [3.05, 3.63) is 0 Å². The van der Waals surface area contributed by atoms with Gasteiger partial charge in [-0.25, -0.2) is 8.78 Å². The molecule has 0 spiro atoms. The summed E-state index contributed by atoms with van der Waals surface area (Å²) >= 11 is 0. The van der Waals surface area contributed by atoms with Gasteiger partial charge in [0.2, 0.25) is 5.92 Å². The number of halogens is 2. The first kappa shape index (κ1) is 10.8. The van der Waals surface area contributed by atoms with Crippen LogP contribution >= 0.6 is 0 Å². The molecule has 6 heteroatoms. The maximum Gasteiger partial charge on any atom is 0.264 e. The summed E-state index contributed by atoms with van der Waals surface area (Å²) in [4.78, 5) is 0. The van der Waals surface area contributed by atoms with Gasteiger partial charge in [-0.15, -0.1) is 0 Å². The summed E-state index contributed by atoms with van der Waals surface area (Å²) in [6, 6.07) is 0. The zero-order valence-electron chi connectivity index (χ0n) is 7.04. The van der Waals surface area contributed by atoms with Crippen molar-refractivity contribution in [3.8, 4) is 0 Å². The third kappa shape index (κ3) is 3.99. The monoisotopic (exact) mass is 214 g/mol. The first-order valence-electron chi connectivity index (χ1n) is 4.11. The first-order valence-corrected chi connectivity index (χ1v) is 5.72. The third-order valence-corrected chi connectivity index (χ3v) is 2.99. The Bertz CT molecular complexity index is 265. The molecule has 0 radical (unpaired) electrons. The Morgan fingerprint density at radius 3 is 2.31 bits per heavy atom. The average molecular weight is 214 g/mol. The lowest BCUT2D eigenvalue weighted by Crippen LogP contribution is -2.35. The first-order chi connectivity index (χ1) is 5.79. The van der Waals surface area contributed by atoms with E-state index in [1.54, 1.807) is 0 Å². The number of hydrogen-bond donors (Lipinski definition) is 1. The number of rotatable bonds is 4. The van der Waals surface area contributed by atoms with Crippen molar-refractivity contribution in [2.75, 3.05) is 5.75 Å². The Hall–Kier alpha value is -0.230. The number of hydrogen-bond acceptors (Lipinski definition) is 2. The summed E-state index contributed by atoms with van der Waals surface area (Å²) in [7, 11) is -3.92. The molecule has 3 nitrogen and oxygen atoms in total. The van der Waals surface area contributed by atoms with Crippen LogP contribution in [0.2, 0.25) is 0 Å². The van der Waals surface area contributed by atoms with Crippen LogP contribution in [0.15, 0.2) is 0 Å². The average Bonchev–Trinajstić information content (AvgIpc) is 1.79. The van der Waals surface area contributed by atoms with Gasteiger partial charge in [-0.1, -0.05) is 0 Å². The van der Waals surface area contributed by atoms with Crippen LogP contribution in [0.4, 0.5) is 8.78 Å². The minimum atomic E-state index is -3.92. The Morgan fingerprint density at radius 2 is 1.92 bits per heavy atom. The van der Waals surface area contributed by atoms with Crippen molar-refractivity contribution in [1.82, 2.24) is 0 Å². The van der Waals surface area contributed by atoms with Gasteiger partial charge in [-0.2, -0.15) is 8.42 Å². The van der Waals surface area contributed by atoms with Gasteiger partial charge in [0.15, 0.2) is 0 Å². The highest BCUT2D eigenvalue weighted by atomic mass is 32.2. The fourth-order valence-corrected chi connectivity index (χ4v) is 2.07. The topological polar surface area (TPSA) is 54.4 Å². The highest BCUT2D eigenvalue weighted by Crippen LogP contribution is 2.44. The highest BCUT2D eigenvalue weighted by molar-refractivity contribution is 7.85. The van der Waals surface area contributed by atoms with Crippen molar-refractivity contribution in [3.63, 3.8) is 0 Å². The molecule has 0 amide bonds. The maximum atomic E-state index is 12.3. The zero-order valence-corrected chi connectivity index (χ0v) is 7.86. The second-order valence-electron chi connectivity index (χ2n) is 3.56. The van der Waals surface area contributed by atoms with E-state index >= 15 is 0 Å². The van der Waals surface area contributed by atoms with E-state index in [-0.39, 0.29) is 30.9 Å². The van der Waals surface area contributed by atoms with E-state index in [9.17, 15) is 17.2 Å². The molecule has 0 atom stereocenters. The molecule has 1 saturated carbocycles. The van der Waals surface area contributed by atoms with Crippen molar-refractivity contribution in [1.29, 1.82) is 0 Å². The summed E-state index contributed by atoms with van der Waals surface area (Å²) in [5, 5.41) is 0. The summed E-state index contributed by atoms with van der Waals surface area (Å²) in [6.07, 6.45) is 0.436. The van der Waals surface area contributed by atoms with E-state index in [0.29, 0.717) is 6.42 Å². The van der Waals surface area contributed by atoms with Gasteiger partial charge >= 0.3 is 0 Å². The fraction of sp³-hybridized carbons (Fsp3) is 1.00. The lowest BCUT2D eigenvalue weighted by molar-refractivity contribution is -0.112. The van der Waals surface area contributed by atoms with E-state index in [1.165, 1.54) is 0 Å². The molecule has 13 heavy (non-hydrogen) atoms. The Balaban J connectivity index is 2.10. The van der Waals surface area contributed by atoms with Crippen LogP contribution < -0.4 is 0 Å². The second-order valence-corrected chi connectivity index (χ2v) is 5.13. The third-order valence-electron chi connectivity index (χ3n) is 2.19. The minimum Gasteiger partial charge on any atom is -0.286 e. The van der Waals surface area contributed by atoms with Crippen LogP contribution in [0.1, 0.15) is 25.7 Å². The van der Waals surface area contributed by atoms with E-state index in [4.69, 9.17) is 4.55 Å². The molecule has 0 aromatic rings. The molecular weight excluding hydrogens is 202 g/mol. The molecule has 0 aromatic carbocycles. The number of alkyl halides is 2. The van der Waals surface area contributed by atoms with Crippen LogP contribution in [0.5, 0.6) is 0 Å². The Kier molecular flexibility index (Phi) is 2.91. The quantitative estimate of drug-likeness (QED) is 0.724. The molecule has 1 N–H and O–H groups in total. The van der Waals surface area contributed by atoms with Crippen molar-refractivity contribution in [2.45, 2.75) is 31.6 Å². The predicted octanol–water partition coefficient (Wildman–Crippen LogP) is 1.70. The van der Waals surface area contributed by atoms with E-state index < -0.39 is 16.0 Å². The SMILES string of the molecule is O=S(=O)(O)CCCC1CC(F)(F)C1. The van der Waals surface area contributed by atoms with Crippen molar-refractivity contribution in [2.24, 2.45) is 5.92 Å². The van der Waals surface area contributed by atoms with Gasteiger partial charge in [0.25, 0.3) is 10.1 Å². The molecule has 0 aliphatic heterocycles. The van der Waals surface area contributed by atoms with Crippen molar-refractivity contribution >= 4 is 10.1 Å². The molecule has 1 aliphatic carbocycles. The van der Waals surface area contributed by atoms with Crippen molar-refractivity contribution < 1.29 is 21.8 Å². The molecule has 1 fully saturated rings. The second kappa shape index (κ2) is 3.49. The normalized spacial score (nSPS) is 22.7. The molecule has 0 bridgehead atoms. The summed E-state index contributed by atoms with van der Waals surface area (Å²) < 4.78 is 53.4. The standard InChI is InChI=1S/C7H12F2O3S/c8-7(9)4-6(5-7)2-1-3-13(10,11)12/h6H,1-5H2,(H,10,11,12). The van der Waals surface area contributed by atoms with Crippen LogP contribution in [0.25, 0.3) is 0 Å². The van der Waals surface area contributed by atoms with Gasteiger partial charge in [0.1, 0.15) is 0 Å². The largest absolute Gasteiger partial charge is 0.286 e. The molecule has 78 valence electrons. The van der Waals surface area contributed by atoms with Gasteiger partial charge in [0, 0.05) is 12.8 Å². The fourth-order valence-electron chi connectivity index (χ4n) is 1.54. The minimum absolute atomic E-state index is 0.0725. The molecule has 1 aliphatic rings. The summed E-state index contributed by atoms with van der Waals surface area (Å²) in [5.41, 5.74) is 0. The van der Waals surface area contributed by atoms with Gasteiger partial charge in [0.05, 0.1) is 5.75 Å². The van der Waals surface area contributed by atoms with Crippen LogP contribution in [0, 0.1) is 5.92 Å². The Labute approximate surface area is 75.9 Å². The van der Waals surface area contributed by atoms with E-state index in [1.807, 2.05) is 0 Å². The van der Waals surface area contributed by atoms with Crippen LogP contribution in [-0.2, 0) is 10.1 Å². The predicted molar refractivity (Wildman–Crippen MR) is 43.3 cm³/mol. The summed E-state index contributed by atoms with van der Waals surface area (Å²) in [6.45, 7) is 0. The molecule has 0 unspecified atom stereocenters. The van der Waals surface area contributed by atoms with Gasteiger partial charge in [-0.3, -0.25) is 4.55 Å². The molecule has 0 saturated heterocycles. The lowest BCUT2D eigenvalue weighted by Gasteiger charge is -2.34. The van der Waals surface area contributed by atoms with Gasteiger partial charge in [-0.05, 0) is 18.8 Å². The smallest absolute Gasteiger partial charge is 0.264 e. The Morgan fingerprint density at radius 1 is 1.38 bits per heavy atom. The van der Waals surface area contributed by atoms with E-state index in [2.05, 4.69) is 0 Å². The molecule has 1 rings (SSSR count). The molecule has 0 aromatic heterocycles. The maximum absolute atomic E-state index is 12.3. The van der Waals surface area contributed by atoms with E-state index in [0.717, 1.165) is 0 Å². The highest BCUT2D eigenvalue weighted by Gasteiger charge is 2.44. The molecule has 0 heterocycles. The van der Waals surface area contributed by atoms with Crippen LogP contribution in [-0.4, -0.2) is 24.6 Å².